The van der Waals surface area contributed by atoms with Gasteiger partial charge in [0.25, 0.3) is 0 Å². The molecule has 0 unspecified atom stereocenters. The molecular weight excluding hydrogens is 680 g/mol. The van der Waals surface area contributed by atoms with Gasteiger partial charge in [-0.05, 0) is 0 Å². The second kappa shape index (κ2) is 18.3. The van der Waals surface area contributed by atoms with Crippen LogP contribution in [0.1, 0.15) is 0 Å². The first kappa shape index (κ1) is 44.2. The van der Waals surface area contributed by atoms with E-state index in [1.807, 2.05) is 0 Å². The summed E-state index contributed by atoms with van der Waals surface area (Å²) in [5, 5.41) is 0. The van der Waals surface area contributed by atoms with Gasteiger partial charge in [-0.1, -0.05) is 0 Å². The van der Waals surface area contributed by atoms with Gasteiger partial charge in [-0.15, -0.1) is 0 Å². The summed E-state index contributed by atoms with van der Waals surface area (Å²) in [4.78, 5) is 0. The zero-order valence-electron chi connectivity index (χ0n) is 10.2. The maximum atomic E-state index is 8.74. The van der Waals surface area contributed by atoms with Crippen molar-refractivity contribution in [2.75, 3.05) is 0 Å². The molecule has 0 saturated carbocycles. The van der Waals surface area contributed by atoms with Crippen molar-refractivity contribution in [3.63, 3.8) is 0 Å². The molecule has 23 heteroatoms. The van der Waals surface area contributed by atoms with E-state index >= 15 is 0 Å². The molecular formula is H6CeMo2N2O16S2. The minimum absolute atomic E-state index is 0. The molecule has 0 atom stereocenters. The summed E-state index contributed by atoms with van der Waals surface area (Å²) in [5.41, 5.74) is 0. The first-order chi connectivity index (χ1) is 8.00. The van der Waals surface area contributed by atoms with Crippen LogP contribution in [-0.2, 0) is 67.9 Å². The van der Waals surface area contributed by atoms with Gasteiger partial charge in [0.15, 0.2) is 0 Å². The molecule has 0 aliphatic heterocycles. The van der Waals surface area contributed by atoms with Gasteiger partial charge in [0.2, 0.25) is 0 Å². The normalized spacial score (nSPS) is 10.1. The third-order valence-corrected chi connectivity index (χ3v) is 0. The van der Waals surface area contributed by atoms with Crippen LogP contribution in [0.4, 0.5) is 0 Å². The molecule has 0 saturated heterocycles. The average Bonchev–Trinajstić information content (AvgIpc) is 1.62. The Balaban J connectivity index is -0.0000000284. The molecule has 0 fully saturated rings. The predicted molar refractivity (Wildman–Crippen MR) is 35.5 cm³/mol. The maximum absolute atomic E-state index is 8.74. The van der Waals surface area contributed by atoms with Crippen molar-refractivity contribution in [2.24, 2.45) is 0 Å². The van der Waals surface area contributed by atoms with Crippen molar-refractivity contribution >= 4 is 20.8 Å². The van der Waals surface area contributed by atoms with Crippen molar-refractivity contribution < 1.29 is 139 Å². The molecule has 0 aromatic carbocycles. The van der Waals surface area contributed by atoms with Crippen LogP contribution in [0, 0.1) is 41.7 Å². The van der Waals surface area contributed by atoms with Gasteiger partial charge in [-0.25, -0.2) is 0 Å². The molecule has 0 bridgehead atoms. The Labute approximate surface area is 170 Å². The summed E-state index contributed by atoms with van der Waals surface area (Å²) >= 11 is -12.0. The summed E-state index contributed by atoms with van der Waals surface area (Å²) in [6, 6.07) is 0. The number of nitrogens with zero attached hydrogens (tertiary/aromatic N) is 1. The van der Waals surface area contributed by atoms with Crippen molar-refractivity contribution in [3.8, 4) is 0 Å². The Morgan fingerprint density at radius 1 is 0.696 bits per heavy atom. The molecule has 4 radical (unpaired) electrons. The molecule has 0 aromatic heterocycles. The van der Waals surface area contributed by atoms with E-state index in [9.17, 15) is 0 Å². The van der Waals surface area contributed by atoms with Gasteiger partial charge < -0.3 is 15.3 Å². The van der Waals surface area contributed by atoms with Crippen LogP contribution in [0.15, 0.2) is 0 Å². The van der Waals surface area contributed by atoms with Gasteiger partial charge >= 0.3 is 120 Å². The molecule has 23 heavy (non-hydrogen) atoms. The molecule has 140 valence electrons. The van der Waals surface area contributed by atoms with Gasteiger partial charge in [-0.2, -0.15) is 8.42 Å². The van der Waals surface area contributed by atoms with Crippen molar-refractivity contribution in [2.45, 2.75) is 0 Å². The van der Waals surface area contributed by atoms with E-state index in [0.29, 0.717) is 0 Å². The van der Waals surface area contributed by atoms with Crippen LogP contribution in [0.2, 0.25) is 0 Å². The van der Waals surface area contributed by atoms with E-state index in [1.165, 1.54) is 0 Å². The number of hydrogen-bond acceptors (Lipinski definition) is 14. The van der Waals surface area contributed by atoms with Crippen LogP contribution < -0.4 is 27.3 Å². The number of quaternary nitrogens is 1. The Hall–Kier alpha value is 1.45. The van der Waals surface area contributed by atoms with Crippen molar-refractivity contribution in [1.29, 1.82) is 0 Å². The van der Waals surface area contributed by atoms with Crippen molar-refractivity contribution in [1.82, 2.24) is 12.3 Å². The van der Waals surface area contributed by atoms with Crippen LogP contribution >= 0.6 is 0 Å². The topological polar surface area (TPSA) is 382 Å². The molecule has 0 heterocycles. The summed E-state index contributed by atoms with van der Waals surface area (Å²) in [6.07, 6.45) is 0. The predicted octanol–water partition coefficient (Wildman–Crippen LogP) is -7.33. The van der Waals surface area contributed by atoms with Gasteiger partial charge in [0.1, 0.15) is 0 Å². The summed E-state index contributed by atoms with van der Waals surface area (Å²) < 4.78 is 135. The Kier molecular flexibility index (Phi) is 35.0. The zero-order valence-corrected chi connectivity index (χ0v) is 19.0. The molecule has 0 aliphatic rings. The first-order valence-corrected chi connectivity index (χ1v) is 12.0. The van der Waals surface area contributed by atoms with Gasteiger partial charge in [0, 0.05) is 10.4 Å². The monoisotopic (exact) mass is 690 g/mol. The van der Waals surface area contributed by atoms with Gasteiger partial charge in [0.05, 0.1) is 0 Å². The Morgan fingerprint density at radius 2 is 0.696 bits per heavy atom. The van der Waals surface area contributed by atoms with Crippen LogP contribution in [0.5, 0.6) is 0 Å². The molecule has 18 nitrogen and oxygen atoms in total. The van der Waals surface area contributed by atoms with Gasteiger partial charge in [-0.3, -0.25) is 17.5 Å². The Bertz CT molecular complexity index is 487. The number of rotatable bonds is 0. The molecule has 0 aliphatic carbocycles. The zero-order chi connectivity index (χ0) is 18.0. The molecule has 0 rings (SSSR count). The van der Waals surface area contributed by atoms with E-state index in [-0.39, 0.29) is 54.0 Å². The molecule has 0 aromatic rings. The quantitative estimate of drug-likeness (QED) is 0.121. The third-order valence-electron chi connectivity index (χ3n) is 0. The average molecular weight is 686 g/mol. The molecule has 6 N–H and O–H groups in total. The van der Waals surface area contributed by atoms with Crippen LogP contribution in [0.25, 0.3) is 0 Å². The van der Waals surface area contributed by atoms with E-state index in [1.54, 1.807) is 0 Å². The number of hydrogen-bond donors (Lipinski definition) is 3. The fraction of sp³-hybridized carbons (Fsp3) is 0. The van der Waals surface area contributed by atoms with E-state index < -0.39 is 54.3 Å². The third kappa shape index (κ3) is 5110. The summed E-state index contributed by atoms with van der Waals surface area (Å²) in [5.74, 6) is 0. The first-order valence-electron chi connectivity index (χ1n) is 2.70. The van der Waals surface area contributed by atoms with Crippen LogP contribution in [0.3, 0.4) is 0 Å². The van der Waals surface area contributed by atoms with E-state index in [0.717, 1.165) is 0 Å². The summed E-state index contributed by atoms with van der Waals surface area (Å²) in [7, 11) is -9.83. The fourth-order valence-corrected chi connectivity index (χ4v) is 0. The molecule has 0 spiro atoms. The van der Waals surface area contributed by atoms with E-state index in [4.69, 9.17) is 63.7 Å². The fourth-order valence-electron chi connectivity index (χ4n) is 0. The van der Waals surface area contributed by atoms with E-state index in [2.05, 4.69) is 0 Å². The Morgan fingerprint density at radius 3 is 0.696 bits per heavy atom. The van der Waals surface area contributed by atoms with Crippen molar-refractivity contribution in [3.05, 3.63) is 0 Å². The second-order valence-electron chi connectivity index (χ2n) is 1.67. The summed E-state index contributed by atoms with van der Waals surface area (Å²) in [6.45, 7) is 0. The molecule has 0 amide bonds. The minimum atomic E-state index is -6.02. The second-order valence-corrected chi connectivity index (χ2v) is 7.40. The standard InChI is InChI=1S/Ce.2Mo.H3N.N.2H2O4S.8O/c;;;;;2*1-5(2,3)4;;;;;;;;/h;;;1H3;;2*(H2,1,2,3,4);;;;;;;;/q+4;;;;+1;;;;;;;4*-1/p-1. The SMILES string of the molecule is O=S(=O)(O)O.O=S(=O)([O-])[O-].[Ce+4].[N+].[NH4+].[O]=[Mo](=[O])([O-])[O-].[O]=[Mo](=[O])([O-])[O-]. The van der Waals surface area contributed by atoms with Crippen LogP contribution in [-0.4, -0.2) is 35.0 Å².